The van der Waals surface area contributed by atoms with Gasteiger partial charge in [-0.25, -0.2) is 13.6 Å². The van der Waals surface area contributed by atoms with E-state index in [-0.39, 0.29) is 12.2 Å². The highest BCUT2D eigenvalue weighted by atomic mass is 19.2. The molecule has 0 aliphatic rings. The molecule has 3 N–H and O–H groups in total. The van der Waals surface area contributed by atoms with Crippen molar-refractivity contribution in [2.75, 3.05) is 37.0 Å². The Hall–Kier alpha value is -3.04. The van der Waals surface area contributed by atoms with Gasteiger partial charge in [0.15, 0.2) is 11.6 Å². The molecule has 29 heavy (non-hydrogen) atoms. The van der Waals surface area contributed by atoms with Crippen LogP contribution in [0.3, 0.4) is 0 Å². The normalized spacial score (nSPS) is 10.4. The van der Waals surface area contributed by atoms with Gasteiger partial charge in [0.2, 0.25) is 5.91 Å². The molecule has 0 heterocycles. The topological polar surface area (TPSA) is 88.7 Å². The van der Waals surface area contributed by atoms with E-state index in [1.165, 1.54) is 6.07 Å². The Morgan fingerprint density at radius 1 is 0.931 bits per heavy atom. The van der Waals surface area contributed by atoms with Crippen molar-refractivity contribution in [2.24, 2.45) is 0 Å². The van der Waals surface area contributed by atoms with Crippen molar-refractivity contribution in [1.29, 1.82) is 0 Å². The second-order valence-corrected chi connectivity index (χ2v) is 5.93. The molecule has 0 unspecified atom stereocenters. The highest BCUT2D eigenvalue weighted by Gasteiger charge is 2.08. The molecule has 0 saturated carbocycles. The fourth-order valence-corrected chi connectivity index (χ4v) is 2.31. The summed E-state index contributed by atoms with van der Waals surface area (Å²) >= 11 is 0. The summed E-state index contributed by atoms with van der Waals surface area (Å²) in [5.74, 6) is -2.67. The number of urea groups is 1. The lowest BCUT2D eigenvalue weighted by atomic mass is 10.2. The minimum Gasteiger partial charge on any atom is -0.379 e. The predicted molar refractivity (Wildman–Crippen MR) is 105 cm³/mol. The van der Waals surface area contributed by atoms with Crippen LogP contribution in [0.25, 0.3) is 0 Å². The van der Waals surface area contributed by atoms with Crippen molar-refractivity contribution in [1.82, 2.24) is 5.32 Å². The summed E-state index contributed by atoms with van der Waals surface area (Å²) in [6.45, 7) is 3.57. The molecule has 2 aromatic rings. The van der Waals surface area contributed by atoms with Crippen LogP contribution < -0.4 is 16.0 Å². The number of rotatable bonds is 10. The summed E-state index contributed by atoms with van der Waals surface area (Å²) in [4.78, 5) is 23.8. The second-order valence-electron chi connectivity index (χ2n) is 5.93. The quantitative estimate of drug-likeness (QED) is 0.528. The number of halogens is 2. The molecule has 0 aromatic heterocycles. The number of carbonyl (C=O) groups excluding carboxylic acids is 2. The van der Waals surface area contributed by atoms with Crippen LogP contribution in [0.4, 0.5) is 25.0 Å². The van der Waals surface area contributed by atoms with Crippen LogP contribution in [0, 0.1) is 11.6 Å². The van der Waals surface area contributed by atoms with Gasteiger partial charge >= 0.3 is 6.03 Å². The number of hydrogen-bond donors (Lipinski definition) is 3. The first-order valence-electron chi connectivity index (χ1n) is 9.02. The van der Waals surface area contributed by atoms with E-state index < -0.39 is 23.6 Å². The van der Waals surface area contributed by atoms with Gasteiger partial charge < -0.3 is 25.4 Å². The number of amides is 3. The third kappa shape index (κ3) is 8.24. The first kappa shape index (κ1) is 22.3. The minimum absolute atomic E-state index is 0.0909. The van der Waals surface area contributed by atoms with Gasteiger partial charge in [-0.3, -0.25) is 4.79 Å². The van der Waals surface area contributed by atoms with Crippen LogP contribution in [0.1, 0.15) is 12.5 Å². The van der Waals surface area contributed by atoms with Crippen molar-refractivity contribution >= 4 is 23.3 Å². The van der Waals surface area contributed by atoms with E-state index in [1.807, 2.05) is 13.0 Å². The number of nitrogens with one attached hydrogen (secondary N) is 3. The molecule has 0 spiro atoms. The molecule has 0 aliphatic heterocycles. The molecule has 2 aromatic carbocycles. The molecule has 0 atom stereocenters. The number of anilines is 2. The van der Waals surface area contributed by atoms with E-state index in [4.69, 9.17) is 9.47 Å². The third-order valence-corrected chi connectivity index (χ3v) is 3.64. The van der Waals surface area contributed by atoms with Gasteiger partial charge in [0, 0.05) is 24.0 Å². The van der Waals surface area contributed by atoms with Crippen molar-refractivity contribution in [3.8, 4) is 0 Å². The van der Waals surface area contributed by atoms with Crippen LogP contribution in [-0.4, -0.2) is 38.3 Å². The van der Waals surface area contributed by atoms with Gasteiger partial charge in [-0.05, 0) is 36.8 Å². The maximum absolute atomic E-state index is 13.1. The number of ether oxygens (including phenoxy) is 2. The average molecular weight is 407 g/mol. The molecule has 156 valence electrons. The van der Waals surface area contributed by atoms with Gasteiger partial charge in [-0.1, -0.05) is 12.1 Å². The van der Waals surface area contributed by atoms with Crippen LogP contribution in [0.5, 0.6) is 0 Å². The minimum atomic E-state index is -1.07. The van der Waals surface area contributed by atoms with Crippen LogP contribution >= 0.6 is 0 Å². The largest absolute Gasteiger partial charge is 0.379 e. The summed E-state index contributed by atoms with van der Waals surface area (Å²) in [6.07, 6.45) is 0. The predicted octanol–water partition coefficient (Wildman–Crippen LogP) is 3.28. The third-order valence-electron chi connectivity index (χ3n) is 3.64. The molecule has 9 heteroatoms. The second kappa shape index (κ2) is 11.7. The van der Waals surface area contributed by atoms with E-state index >= 15 is 0 Å². The van der Waals surface area contributed by atoms with Gasteiger partial charge in [0.05, 0.1) is 26.4 Å². The zero-order valence-corrected chi connectivity index (χ0v) is 16.0. The van der Waals surface area contributed by atoms with Crippen molar-refractivity contribution < 1.29 is 27.8 Å². The summed E-state index contributed by atoms with van der Waals surface area (Å²) in [6, 6.07) is 9.48. The van der Waals surface area contributed by atoms with Crippen LogP contribution in [-0.2, 0) is 20.9 Å². The molecule has 2 rings (SSSR count). The Bertz CT molecular complexity index is 833. The molecule has 3 amide bonds. The Morgan fingerprint density at radius 2 is 1.69 bits per heavy atom. The maximum Gasteiger partial charge on any atom is 0.319 e. The first-order valence-corrected chi connectivity index (χ1v) is 9.02. The van der Waals surface area contributed by atoms with Gasteiger partial charge in [-0.15, -0.1) is 0 Å². The summed E-state index contributed by atoms with van der Waals surface area (Å²) in [5, 5.41) is 7.36. The highest BCUT2D eigenvalue weighted by Crippen LogP contribution is 2.13. The van der Waals surface area contributed by atoms with Crippen molar-refractivity contribution in [2.45, 2.75) is 13.5 Å². The molecule has 0 bridgehead atoms. The molecule has 0 saturated heterocycles. The molecular formula is C20H23F2N3O4. The van der Waals surface area contributed by atoms with Gasteiger partial charge in [0.25, 0.3) is 0 Å². The standard InChI is InChI=1S/C20H23F2N3O4/c1-2-28-8-9-29-13-14-4-3-5-15(10-14)25-20(27)23-12-19(26)24-16-6-7-17(21)18(22)11-16/h3-7,10-11H,2,8-9,12-13H2,1H3,(H,24,26)(H2,23,25,27). The molecule has 0 fully saturated rings. The van der Waals surface area contributed by atoms with E-state index in [2.05, 4.69) is 16.0 Å². The Kier molecular flexibility index (Phi) is 9.00. The summed E-state index contributed by atoms with van der Waals surface area (Å²) in [5.41, 5.74) is 1.50. The summed E-state index contributed by atoms with van der Waals surface area (Å²) in [7, 11) is 0. The van der Waals surface area contributed by atoms with Crippen LogP contribution in [0.15, 0.2) is 42.5 Å². The fourth-order valence-electron chi connectivity index (χ4n) is 2.31. The number of hydrogen-bond acceptors (Lipinski definition) is 4. The monoisotopic (exact) mass is 407 g/mol. The lowest BCUT2D eigenvalue weighted by molar-refractivity contribution is -0.115. The van der Waals surface area contributed by atoms with Crippen molar-refractivity contribution in [3.63, 3.8) is 0 Å². The summed E-state index contributed by atoms with van der Waals surface area (Å²) < 4.78 is 36.7. The average Bonchev–Trinajstić information content (AvgIpc) is 2.69. The van der Waals surface area contributed by atoms with E-state index in [1.54, 1.807) is 18.2 Å². The van der Waals surface area contributed by atoms with Gasteiger partial charge in [-0.2, -0.15) is 0 Å². The van der Waals surface area contributed by atoms with E-state index in [0.717, 1.165) is 17.7 Å². The smallest absolute Gasteiger partial charge is 0.319 e. The SMILES string of the molecule is CCOCCOCc1cccc(NC(=O)NCC(=O)Nc2ccc(F)c(F)c2)c1. The first-order chi connectivity index (χ1) is 14.0. The number of carbonyl (C=O) groups is 2. The fraction of sp³-hybridized carbons (Fsp3) is 0.300. The van der Waals surface area contributed by atoms with Gasteiger partial charge in [0.1, 0.15) is 0 Å². The zero-order chi connectivity index (χ0) is 21.1. The Morgan fingerprint density at radius 3 is 2.45 bits per heavy atom. The zero-order valence-electron chi connectivity index (χ0n) is 16.0. The highest BCUT2D eigenvalue weighted by molar-refractivity contribution is 5.96. The van der Waals surface area contributed by atoms with Crippen LogP contribution in [0.2, 0.25) is 0 Å². The van der Waals surface area contributed by atoms with E-state index in [9.17, 15) is 18.4 Å². The Balaban J connectivity index is 1.74. The maximum atomic E-state index is 13.1. The molecular weight excluding hydrogens is 384 g/mol. The number of benzene rings is 2. The van der Waals surface area contributed by atoms with E-state index in [0.29, 0.717) is 32.1 Å². The molecule has 7 nitrogen and oxygen atoms in total. The van der Waals surface area contributed by atoms with Crippen molar-refractivity contribution in [3.05, 3.63) is 59.7 Å². The Labute approximate surface area is 167 Å². The lowest BCUT2D eigenvalue weighted by Crippen LogP contribution is -2.35. The molecule has 0 radical (unpaired) electrons. The lowest BCUT2D eigenvalue weighted by Gasteiger charge is -2.10. The molecule has 0 aliphatic carbocycles.